The first-order valence-corrected chi connectivity index (χ1v) is 12.2. The van der Waals surface area contributed by atoms with E-state index in [0.29, 0.717) is 39.0 Å². The maximum absolute atomic E-state index is 13.4. The van der Waals surface area contributed by atoms with Crippen molar-refractivity contribution < 1.29 is 22.7 Å². The van der Waals surface area contributed by atoms with Crippen LogP contribution in [0.15, 0.2) is 4.21 Å². The molecule has 2 aliphatic rings. The quantitative estimate of drug-likeness (QED) is 0.689. The molecular formula is C19H28N2O5S2. The predicted molar refractivity (Wildman–Crippen MR) is 107 cm³/mol. The molecule has 9 heteroatoms. The standard InChI is InChI=1S/C19H28N2O5S2/c1-3-16(22)20-12-9-14-15(13-20)27-19(17(14)18(23)26-2)28(24,25)21-10-7-5-4-6-8-11-21/h3-13H2,1-2H3. The van der Waals surface area contributed by atoms with Crippen molar-refractivity contribution in [3.63, 3.8) is 0 Å². The maximum atomic E-state index is 13.4. The molecule has 0 bridgehead atoms. The van der Waals surface area contributed by atoms with Crippen molar-refractivity contribution in [3.8, 4) is 0 Å². The Labute approximate surface area is 170 Å². The summed E-state index contributed by atoms with van der Waals surface area (Å²) < 4.78 is 33.4. The molecule has 156 valence electrons. The zero-order chi connectivity index (χ0) is 20.3. The van der Waals surface area contributed by atoms with Gasteiger partial charge in [0.1, 0.15) is 4.21 Å². The number of hydrogen-bond donors (Lipinski definition) is 0. The average molecular weight is 429 g/mol. The van der Waals surface area contributed by atoms with Gasteiger partial charge in [-0.3, -0.25) is 4.79 Å². The highest BCUT2D eigenvalue weighted by Gasteiger charge is 2.37. The van der Waals surface area contributed by atoms with Crippen LogP contribution in [0.4, 0.5) is 0 Å². The fourth-order valence-electron chi connectivity index (χ4n) is 3.88. The zero-order valence-corrected chi connectivity index (χ0v) is 18.2. The van der Waals surface area contributed by atoms with E-state index in [2.05, 4.69) is 0 Å². The van der Waals surface area contributed by atoms with Crippen LogP contribution in [0.1, 0.15) is 66.2 Å². The number of sulfonamides is 1. The molecular weight excluding hydrogens is 400 g/mol. The number of thiophene rings is 1. The second-order valence-corrected chi connectivity index (χ2v) is 10.5. The lowest BCUT2D eigenvalue weighted by atomic mass is 10.0. The lowest BCUT2D eigenvalue weighted by molar-refractivity contribution is -0.131. The number of esters is 1. The molecule has 1 amide bonds. The number of nitrogens with zero attached hydrogens (tertiary/aromatic N) is 2. The van der Waals surface area contributed by atoms with Crippen LogP contribution in [0.5, 0.6) is 0 Å². The number of rotatable bonds is 4. The Balaban J connectivity index is 2.01. The molecule has 0 spiro atoms. The van der Waals surface area contributed by atoms with Crippen molar-refractivity contribution in [1.29, 1.82) is 0 Å². The topological polar surface area (TPSA) is 84.0 Å². The molecule has 0 aliphatic carbocycles. The average Bonchev–Trinajstić information content (AvgIpc) is 3.05. The Bertz CT molecular complexity index is 839. The van der Waals surface area contributed by atoms with E-state index >= 15 is 0 Å². The van der Waals surface area contributed by atoms with E-state index in [0.717, 1.165) is 53.9 Å². The molecule has 0 unspecified atom stereocenters. The van der Waals surface area contributed by atoms with Crippen LogP contribution in [-0.4, -0.2) is 56.2 Å². The van der Waals surface area contributed by atoms with Crippen LogP contribution in [0.2, 0.25) is 0 Å². The van der Waals surface area contributed by atoms with Gasteiger partial charge in [-0.15, -0.1) is 11.3 Å². The molecule has 0 N–H and O–H groups in total. The SMILES string of the molecule is CCC(=O)N1CCc2c(sc(S(=O)(=O)N3CCCCCCC3)c2C(=O)OC)C1. The predicted octanol–water partition coefficient (Wildman–Crippen LogP) is 2.78. The van der Waals surface area contributed by atoms with Gasteiger partial charge in [0.05, 0.1) is 19.2 Å². The molecule has 3 rings (SSSR count). The van der Waals surface area contributed by atoms with Gasteiger partial charge in [0.15, 0.2) is 0 Å². The monoisotopic (exact) mass is 428 g/mol. The van der Waals surface area contributed by atoms with Crippen molar-refractivity contribution in [2.45, 2.75) is 62.6 Å². The number of fused-ring (bicyclic) bond motifs is 1. The van der Waals surface area contributed by atoms with E-state index < -0.39 is 16.0 Å². The molecule has 0 atom stereocenters. The summed E-state index contributed by atoms with van der Waals surface area (Å²) in [6.07, 6.45) is 5.71. The van der Waals surface area contributed by atoms with E-state index in [1.165, 1.54) is 11.4 Å². The summed E-state index contributed by atoms with van der Waals surface area (Å²) in [6.45, 7) is 3.61. The Morgan fingerprint density at radius 3 is 2.32 bits per heavy atom. The Morgan fingerprint density at radius 1 is 1.07 bits per heavy atom. The molecule has 0 radical (unpaired) electrons. The maximum Gasteiger partial charge on any atom is 0.340 e. The van der Waals surface area contributed by atoms with Crippen molar-refractivity contribution in [2.24, 2.45) is 0 Å². The van der Waals surface area contributed by atoms with Gasteiger partial charge in [-0.25, -0.2) is 13.2 Å². The van der Waals surface area contributed by atoms with Crippen LogP contribution in [0, 0.1) is 0 Å². The van der Waals surface area contributed by atoms with Crippen molar-refractivity contribution in [1.82, 2.24) is 9.21 Å². The normalized spacial score (nSPS) is 18.9. The third-order valence-electron chi connectivity index (χ3n) is 5.46. The van der Waals surface area contributed by atoms with E-state index in [1.54, 1.807) is 4.90 Å². The minimum absolute atomic E-state index is 0.0341. The van der Waals surface area contributed by atoms with E-state index in [-0.39, 0.29) is 15.7 Å². The minimum atomic E-state index is -3.78. The highest BCUT2D eigenvalue weighted by molar-refractivity contribution is 7.91. The summed E-state index contributed by atoms with van der Waals surface area (Å²) in [4.78, 5) is 27.1. The fraction of sp³-hybridized carbons (Fsp3) is 0.684. The van der Waals surface area contributed by atoms with Gasteiger partial charge in [-0.1, -0.05) is 26.2 Å². The first kappa shape index (κ1) is 21.3. The second-order valence-electron chi connectivity index (χ2n) is 7.25. The van der Waals surface area contributed by atoms with Crippen LogP contribution in [0.3, 0.4) is 0 Å². The van der Waals surface area contributed by atoms with Gasteiger partial charge in [0, 0.05) is 30.9 Å². The van der Waals surface area contributed by atoms with Gasteiger partial charge in [-0.05, 0) is 24.8 Å². The molecule has 0 aromatic carbocycles. The number of hydrogen-bond acceptors (Lipinski definition) is 6. The summed E-state index contributed by atoms with van der Waals surface area (Å²) in [5.74, 6) is -0.578. The van der Waals surface area contributed by atoms with Crippen LogP contribution < -0.4 is 0 Å². The number of methoxy groups -OCH3 is 1. The summed E-state index contributed by atoms with van der Waals surface area (Å²) in [6, 6.07) is 0. The Hall–Kier alpha value is -1.45. The molecule has 1 aromatic heterocycles. The smallest absolute Gasteiger partial charge is 0.340 e. The Kier molecular flexibility index (Phi) is 6.77. The third-order valence-corrected chi connectivity index (χ3v) is 9.07. The van der Waals surface area contributed by atoms with Crippen LogP contribution in [0.25, 0.3) is 0 Å². The van der Waals surface area contributed by atoms with E-state index in [9.17, 15) is 18.0 Å². The molecule has 2 aliphatic heterocycles. The van der Waals surface area contributed by atoms with Gasteiger partial charge in [-0.2, -0.15) is 4.31 Å². The van der Waals surface area contributed by atoms with Gasteiger partial charge in [0.2, 0.25) is 5.91 Å². The second kappa shape index (κ2) is 8.92. The van der Waals surface area contributed by atoms with E-state index in [4.69, 9.17) is 4.74 Å². The molecule has 1 fully saturated rings. The number of amides is 1. The van der Waals surface area contributed by atoms with E-state index in [1.807, 2.05) is 6.92 Å². The van der Waals surface area contributed by atoms with Crippen LogP contribution >= 0.6 is 11.3 Å². The molecule has 7 nitrogen and oxygen atoms in total. The Morgan fingerprint density at radius 2 is 1.71 bits per heavy atom. The summed E-state index contributed by atoms with van der Waals surface area (Å²) >= 11 is 1.13. The van der Waals surface area contributed by atoms with Crippen molar-refractivity contribution in [3.05, 3.63) is 16.0 Å². The van der Waals surface area contributed by atoms with Crippen molar-refractivity contribution in [2.75, 3.05) is 26.7 Å². The van der Waals surface area contributed by atoms with Crippen molar-refractivity contribution >= 4 is 33.2 Å². The highest BCUT2D eigenvalue weighted by Crippen LogP contribution is 2.38. The number of carbonyl (C=O) groups excluding carboxylic acids is 2. The van der Waals surface area contributed by atoms with Gasteiger partial charge < -0.3 is 9.64 Å². The summed E-state index contributed by atoms with van der Waals surface area (Å²) in [5.41, 5.74) is 0.899. The van der Waals surface area contributed by atoms with Crippen LogP contribution in [-0.2, 0) is 32.5 Å². The largest absolute Gasteiger partial charge is 0.465 e. The minimum Gasteiger partial charge on any atom is -0.465 e. The highest BCUT2D eigenvalue weighted by atomic mass is 32.2. The molecule has 0 saturated carbocycles. The fourth-order valence-corrected chi connectivity index (χ4v) is 7.44. The molecule has 28 heavy (non-hydrogen) atoms. The summed E-state index contributed by atoms with van der Waals surface area (Å²) in [5, 5.41) is 0. The lowest BCUT2D eigenvalue weighted by Crippen LogP contribution is -2.35. The van der Waals surface area contributed by atoms with Gasteiger partial charge in [0.25, 0.3) is 10.0 Å². The first-order valence-electron chi connectivity index (χ1n) is 9.91. The number of carbonyl (C=O) groups is 2. The zero-order valence-electron chi connectivity index (χ0n) is 16.5. The van der Waals surface area contributed by atoms with Gasteiger partial charge >= 0.3 is 5.97 Å². The number of ether oxygens (including phenoxy) is 1. The summed E-state index contributed by atoms with van der Waals surface area (Å²) in [7, 11) is -2.50. The molecule has 1 aromatic rings. The lowest BCUT2D eigenvalue weighted by Gasteiger charge is -2.26. The molecule has 1 saturated heterocycles. The first-order chi connectivity index (χ1) is 13.4. The molecule has 3 heterocycles. The third kappa shape index (κ3) is 4.11.